The molecule has 0 heterocycles. The van der Waals surface area contributed by atoms with Crippen LogP contribution in [0, 0.1) is 0 Å². The van der Waals surface area contributed by atoms with Crippen molar-refractivity contribution < 1.29 is 9.53 Å². The minimum absolute atomic E-state index is 0.223. The van der Waals surface area contributed by atoms with Crippen molar-refractivity contribution in [1.82, 2.24) is 10.4 Å². The second-order valence-corrected chi connectivity index (χ2v) is 2.05. The topological polar surface area (TPSA) is 41.6 Å². The lowest BCUT2D eigenvalue weighted by Crippen LogP contribution is -2.36. The third-order valence-electron chi connectivity index (χ3n) is 1.03. The number of allylic oxidation sites excluding steroid dienone is 1. The van der Waals surface area contributed by atoms with Crippen molar-refractivity contribution >= 4 is 6.09 Å². The van der Waals surface area contributed by atoms with Crippen molar-refractivity contribution in [3.05, 3.63) is 24.9 Å². The molecule has 0 aromatic heterocycles. The number of nitrogens with zero attached hydrogens (tertiary/aromatic N) is 1. The van der Waals surface area contributed by atoms with E-state index in [9.17, 15) is 4.79 Å². The Morgan fingerprint density at radius 1 is 1.75 bits per heavy atom. The van der Waals surface area contributed by atoms with Gasteiger partial charge in [-0.15, -0.1) is 0 Å². The molecule has 0 atom stereocenters. The van der Waals surface area contributed by atoms with Gasteiger partial charge in [-0.3, -0.25) is 0 Å². The summed E-state index contributed by atoms with van der Waals surface area (Å²) in [6, 6.07) is 0. The van der Waals surface area contributed by atoms with Crippen molar-refractivity contribution in [2.24, 2.45) is 0 Å². The summed E-state index contributed by atoms with van der Waals surface area (Å²) in [5, 5.41) is 1.24. The lowest BCUT2D eigenvalue weighted by molar-refractivity contribution is 0.111. The lowest BCUT2D eigenvalue weighted by atomic mass is 10.7. The van der Waals surface area contributed by atoms with E-state index in [2.05, 4.69) is 12.0 Å². The van der Waals surface area contributed by atoms with Gasteiger partial charge in [-0.1, -0.05) is 18.7 Å². The highest BCUT2D eigenvalue weighted by atomic mass is 16.6. The molecule has 0 radical (unpaired) electrons. The fourth-order valence-corrected chi connectivity index (χ4v) is 0.466. The molecule has 1 N–H and O–H groups in total. The zero-order valence-electron chi connectivity index (χ0n) is 7.41. The number of ether oxygens (including phenoxy) is 1. The van der Waals surface area contributed by atoms with Crippen LogP contribution in [0.25, 0.3) is 0 Å². The Kier molecular flexibility index (Phi) is 5.51. The molecule has 68 valence electrons. The Morgan fingerprint density at radius 2 is 2.42 bits per heavy atom. The van der Waals surface area contributed by atoms with E-state index in [0.29, 0.717) is 0 Å². The standard InChI is InChI=1S/C8H14N2O2/c1-4-6-9-10(3)8(11)12-7-5-2/h4-6,9H,2,7H2,1,3H3/b6-4-. The van der Waals surface area contributed by atoms with Gasteiger partial charge in [-0.25, -0.2) is 9.80 Å². The smallest absolute Gasteiger partial charge is 0.428 e. The van der Waals surface area contributed by atoms with Crippen LogP contribution in [0.15, 0.2) is 24.9 Å². The van der Waals surface area contributed by atoms with Gasteiger partial charge in [0.2, 0.25) is 0 Å². The molecule has 0 spiro atoms. The maximum absolute atomic E-state index is 11.0. The highest BCUT2D eigenvalue weighted by Gasteiger charge is 2.05. The fraction of sp³-hybridized carbons (Fsp3) is 0.375. The Hall–Kier alpha value is -1.45. The van der Waals surface area contributed by atoms with E-state index in [-0.39, 0.29) is 6.61 Å². The van der Waals surface area contributed by atoms with Crippen LogP contribution in [0.4, 0.5) is 4.79 Å². The molecule has 4 heteroatoms. The highest BCUT2D eigenvalue weighted by molar-refractivity contribution is 5.66. The Bertz CT molecular complexity index is 178. The molecule has 12 heavy (non-hydrogen) atoms. The third kappa shape index (κ3) is 4.38. The van der Waals surface area contributed by atoms with Gasteiger partial charge in [0.05, 0.1) is 0 Å². The zero-order chi connectivity index (χ0) is 9.40. The summed E-state index contributed by atoms with van der Waals surface area (Å²) in [4.78, 5) is 11.0. The van der Waals surface area contributed by atoms with Crippen LogP contribution in [0.3, 0.4) is 0 Å². The fourth-order valence-electron chi connectivity index (χ4n) is 0.466. The molecule has 0 aliphatic rings. The number of carbonyl (C=O) groups excluding carboxylic acids is 1. The average molecular weight is 170 g/mol. The molecule has 0 aliphatic heterocycles. The summed E-state index contributed by atoms with van der Waals surface area (Å²) < 4.78 is 4.72. The molecule has 0 aromatic rings. The van der Waals surface area contributed by atoms with E-state index in [1.165, 1.54) is 11.1 Å². The van der Waals surface area contributed by atoms with Gasteiger partial charge in [0.15, 0.2) is 0 Å². The number of hydrogen-bond acceptors (Lipinski definition) is 3. The van der Waals surface area contributed by atoms with Gasteiger partial charge in [-0.2, -0.15) is 0 Å². The van der Waals surface area contributed by atoms with Crippen LogP contribution in [-0.4, -0.2) is 24.8 Å². The van der Waals surface area contributed by atoms with E-state index in [1.54, 1.807) is 19.3 Å². The number of rotatable bonds is 4. The quantitative estimate of drug-likeness (QED) is 0.510. The van der Waals surface area contributed by atoms with Crippen LogP contribution >= 0.6 is 0 Å². The van der Waals surface area contributed by atoms with Gasteiger partial charge >= 0.3 is 6.09 Å². The lowest BCUT2D eigenvalue weighted by Gasteiger charge is -2.15. The molecule has 0 saturated heterocycles. The summed E-state index contributed by atoms with van der Waals surface area (Å²) in [5.41, 5.74) is 2.68. The number of hydrazine groups is 1. The third-order valence-corrected chi connectivity index (χ3v) is 1.03. The van der Waals surface area contributed by atoms with E-state index in [4.69, 9.17) is 4.74 Å². The first kappa shape index (κ1) is 10.6. The van der Waals surface area contributed by atoms with Crippen molar-refractivity contribution in [2.75, 3.05) is 13.7 Å². The Labute approximate surface area is 72.5 Å². The molecule has 0 unspecified atom stereocenters. The molecular weight excluding hydrogens is 156 g/mol. The summed E-state index contributed by atoms with van der Waals surface area (Å²) in [6.07, 6.45) is 4.49. The van der Waals surface area contributed by atoms with Crippen molar-refractivity contribution in [1.29, 1.82) is 0 Å². The zero-order valence-corrected chi connectivity index (χ0v) is 7.41. The molecule has 4 nitrogen and oxygen atoms in total. The molecule has 0 fully saturated rings. The molecule has 0 aromatic carbocycles. The first-order chi connectivity index (χ1) is 5.72. The minimum Gasteiger partial charge on any atom is -0.444 e. The maximum atomic E-state index is 11.0. The molecule has 0 rings (SSSR count). The first-order valence-corrected chi connectivity index (χ1v) is 3.61. The predicted octanol–water partition coefficient (Wildman–Crippen LogP) is 1.28. The second kappa shape index (κ2) is 6.27. The van der Waals surface area contributed by atoms with Crippen LogP contribution in [0.2, 0.25) is 0 Å². The summed E-state index contributed by atoms with van der Waals surface area (Å²) in [6.45, 7) is 5.49. The van der Waals surface area contributed by atoms with Crippen LogP contribution in [-0.2, 0) is 4.74 Å². The second-order valence-electron chi connectivity index (χ2n) is 2.05. The van der Waals surface area contributed by atoms with E-state index < -0.39 is 6.09 Å². The first-order valence-electron chi connectivity index (χ1n) is 3.61. The Morgan fingerprint density at radius 3 is 2.92 bits per heavy atom. The number of hydrogen-bond donors (Lipinski definition) is 1. The van der Waals surface area contributed by atoms with Gasteiger partial charge < -0.3 is 10.2 Å². The normalized spacial score (nSPS) is 9.50. The number of nitrogens with one attached hydrogen (secondary N) is 1. The van der Waals surface area contributed by atoms with E-state index in [1.807, 2.05) is 6.92 Å². The molecular formula is C8H14N2O2. The van der Waals surface area contributed by atoms with E-state index in [0.717, 1.165) is 0 Å². The molecule has 0 saturated carbocycles. The van der Waals surface area contributed by atoms with Crippen LogP contribution in [0.1, 0.15) is 6.92 Å². The molecule has 0 bridgehead atoms. The van der Waals surface area contributed by atoms with Crippen LogP contribution in [0.5, 0.6) is 0 Å². The Balaban J connectivity index is 3.68. The SMILES string of the molecule is C=CCOC(=O)N(C)N/C=C\C. The van der Waals surface area contributed by atoms with Crippen molar-refractivity contribution in [2.45, 2.75) is 6.92 Å². The van der Waals surface area contributed by atoms with Gasteiger partial charge in [0.25, 0.3) is 0 Å². The summed E-state index contributed by atoms with van der Waals surface area (Å²) in [5.74, 6) is 0. The minimum atomic E-state index is -0.437. The largest absolute Gasteiger partial charge is 0.444 e. The summed E-state index contributed by atoms with van der Waals surface area (Å²) in [7, 11) is 1.57. The van der Waals surface area contributed by atoms with Crippen LogP contribution < -0.4 is 5.43 Å². The summed E-state index contributed by atoms with van der Waals surface area (Å²) >= 11 is 0. The maximum Gasteiger partial charge on any atom is 0.428 e. The number of amides is 1. The predicted molar refractivity (Wildman–Crippen MR) is 47.3 cm³/mol. The van der Waals surface area contributed by atoms with E-state index >= 15 is 0 Å². The van der Waals surface area contributed by atoms with Gasteiger partial charge in [0, 0.05) is 13.2 Å². The molecule has 1 amide bonds. The van der Waals surface area contributed by atoms with Gasteiger partial charge in [0.1, 0.15) is 6.61 Å². The van der Waals surface area contributed by atoms with Crippen molar-refractivity contribution in [3.63, 3.8) is 0 Å². The van der Waals surface area contributed by atoms with Crippen molar-refractivity contribution in [3.8, 4) is 0 Å². The van der Waals surface area contributed by atoms with Gasteiger partial charge in [-0.05, 0) is 6.92 Å². The average Bonchev–Trinajstić information content (AvgIpc) is 2.10. The highest BCUT2D eigenvalue weighted by Crippen LogP contribution is 1.85. The molecule has 0 aliphatic carbocycles. The monoisotopic (exact) mass is 170 g/mol. The number of carbonyl (C=O) groups is 1.